The molecule has 1 saturated carbocycles. The molecule has 1 rings (SSSR count). The number of carbonyl (C=O) groups excluding carboxylic acids is 1. The molecule has 0 heterocycles. The Kier molecular flexibility index (Phi) is 7.39. The third-order valence-electron chi connectivity index (χ3n) is 3.83. The van der Waals surface area contributed by atoms with Crippen LogP contribution in [-0.2, 0) is 14.3 Å². The number of rotatable bonds is 7. The number of hydrogen-bond acceptors (Lipinski definition) is 4. The molecule has 3 unspecified atom stereocenters. The number of carbonyl (C=O) groups is 1. The summed E-state index contributed by atoms with van der Waals surface area (Å²) in [4.78, 5) is 11.5. The Morgan fingerprint density at radius 3 is 2.42 bits per heavy atom. The van der Waals surface area contributed by atoms with E-state index < -0.39 is 0 Å². The smallest absolute Gasteiger partial charge is 0.322 e. The van der Waals surface area contributed by atoms with E-state index >= 15 is 0 Å². The maximum atomic E-state index is 11.5. The van der Waals surface area contributed by atoms with E-state index in [1.807, 2.05) is 6.92 Å². The molecule has 0 bridgehead atoms. The molecule has 4 nitrogen and oxygen atoms in total. The van der Waals surface area contributed by atoms with Gasteiger partial charge in [0.2, 0.25) is 0 Å². The summed E-state index contributed by atoms with van der Waals surface area (Å²) in [6.45, 7) is 7.96. The van der Waals surface area contributed by atoms with Gasteiger partial charge in [-0.3, -0.25) is 4.79 Å². The van der Waals surface area contributed by atoms with Gasteiger partial charge in [0.05, 0.1) is 13.2 Å². The number of esters is 1. The summed E-state index contributed by atoms with van der Waals surface area (Å²) in [5, 5.41) is 3.13. The summed E-state index contributed by atoms with van der Waals surface area (Å²) in [6, 6.07) is -0.242. The van der Waals surface area contributed by atoms with Gasteiger partial charge < -0.3 is 14.8 Å². The zero-order valence-electron chi connectivity index (χ0n) is 12.8. The fraction of sp³-hybridized carbons (Fsp3) is 0.933. The van der Waals surface area contributed by atoms with E-state index in [1.165, 1.54) is 13.5 Å². The molecule has 0 aromatic heterocycles. The van der Waals surface area contributed by atoms with Gasteiger partial charge in [-0.05, 0) is 44.1 Å². The fourth-order valence-corrected chi connectivity index (χ4v) is 3.05. The van der Waals surface area contributed by atoms with Crippen LogP contribution in [0.3, 0.4) is 0 Å². The first-order valence-corrected chi connectivity index (χ1v) is 7.49. The molecule has 1 N–H and O–H groups in total. The highest BCUT2D eigenvalue weighted by atomic mass is 16.5. The Labute approximate surface area is 117 Å². The maximum absolute atomic E-state index is 11.5. The van der Waals surface area contributed by atoms with Crippen LogP contribution in [0.5, 0.6) is 0 Å². The molecule has 0 aromatic carbocycles. The van der Waals surface area contributed by atoms with Gasteiger partial charge in [-0.1, -0.05) is 20.8 Å². The Bertz CT molecular complexity index is 260. The van der Waals surface area contributed by atoms with Crippen LogP contribution in [0.2, 0.25) is 0 Å². The molecule has 0 amide bonds. The summed E-state index contributed by atoms with van der Waals surface area (Å²) >= 11 is 0. The van der Waals surface area contributed by atoms with Crippen molar-refractivity contribution in [2.24, 2.45) is 11.8 Å². The van der Waals surface area contributed by atoms with E-state index in [9.17, 15) is 4.79 Å². The van der Waals surface area contributed by atoms with Crippen molar-refractivity contribution in [3.63, 3.8) is 0 Å². The largest absolute Gasteiger partial charge is 0.468 e. The van der Waals surface area contributed by atoms with E-state index in [1.54, 1.807) is 0 Å². The molecule has 112 valence electrons. The van der Waals surface area contributed by atoms with Gasteiger partial charge in [-0.15, -0.1) is 0 Å². The minimum Gasteiger partial charge on any atom is -0.468 e. The highest BCUT2D eigenvalue weighted by Gasteiger charge is 2.25. The van der Waals surface area contributed by atoms with Gasteiger partial charge in [-0.25, -0.2) is 0 Å². The van der Waals surface area contributed by atoms with E-state index in [0.717, 1.165) is 31.2 Å². The third-order valence-corrected chi connectivity index (χ3v) is 3.83. The average molecular weight is 271 g/mol. The number of nitrogens with one attached hydrogen (secondary N) is 1. The van der Waals surface area contributed by atoms with Crippen LogP contribution in [0.15, 0.2) is 0 Å². The molecular formula is C15H29NO3. The fourth-order valence-electron chi connectivity index (χ4n) is 3.05. The topological polar surface area (TPSA) is 47.6 Å². The van der Waals surface area contributed by atoms with Crippen molar-refractivity contribution in [3.05, 3.63) is 0 Å². The van der Waals surface area contributed by atoms with E-state index in [2.05, 4.69) is 19.2 Å². The normalized spacial score (nSPS) is 28.9. The van der Waals surface area contributed by atoms with Crippen LogP contribution in [0.1, 0.15) is 46.5 Å². The van der Waals surface area contributed by atoms with Gasteiger partial charge in [0.1, 0.15) is 6.04 Å². The van der Waals surface area contributed by atoms with E-state index in [0.29, 0.717) is 19.1 Å². The predicted molar refractivity (Wildman–Crippen MR) is 76.0 cm³/mol. The molecule has 19 heavy (non-hydrogen) atoms. The monoisotopic (exact) mass is 271 g/mol. The minimum absolute atomic E-state index is 0.198. The molecule has 1 aliphatic carbocycles. The molecule has 0 spiro atoms. The summed E-state index contributed by atoms with van der Waals surface area (Å²) in [5.41, 5.74) is 0. The van der Waals surface area contributed by atoms with Crippen molar-refractivity contribution in [1.82, 2.24) is 5.32 Å². The lowest BCUT2D eigenvalue weighted by molar-refractivity contribution is -0.143. The summed E-state index contributed by atoms with van der Waals surface area (Å²) in [7, 11) is 1.43. The summed E-state index contributed by atoms with van der Waals surface area (Å²) < 4.78 is 10.7. The number of methoxy groups -OCH3 is 1. The molecule has 1 aliphatic rings. The van der Waals surface area contributed by atoms with Crippen molar-refractivity contribution < 1.29 is 14.3 Å². The summed E-state index contributed by atoms with van der Waals surface area (Å²) in [5.74, 6) is 1.30. The molecule has 0 aliphatic heterocycles. The summed E-state index contributed by atoms with van der Waals surface area (Å²) in [6.07, 6.45) is 4.64. The second-order valence-corrected chi connectivity index (χ2v) is 5.83. The number of hydrogen-bond donors (Lipinski definition) is 1. The minimum atomic E-state index is -0.242. The first-order chi connectivity index (χ1) is 9.06. The van der Waals surface area contributed by atoms with Crippen molar-refractivity contribution >= 4 is 5.97 Å². The second-order valence-electron chi connectivity index (χ2n) is 5.83. The van der Waals surface area contributed by atoms with Gasteiger partial charge in [0.15, 0.2) is 0 Å². The molecule has 0 aromatic rings. The lowest BCUT2D eigenvalue weighted by Gasteiger charge is -2.31. The maximum Gasteiger partial charge on any atom is 0.322 e. The zero-order valence-corrected chi connectivity index (χ0v) is 12.8. The molecule has 0 radical (unpaired) electrons. The zero-order chi connectivity index (χ0) is 14.3. The number of likely N-dealkylation sites (N-methyl/N-ethyl adjacent to an activating group) is 1. The first-order valence-electron chi connectivity index (χ1n) is 7.49. The quantitative estimate of drug-likeness (QED) is 0.722. The highest BCUT2D eigenvalue weighted by Crippen LogP contribution is 2.30. The van der Waals surface area contributed by atoms with Crippen LogP contribution in [0.4, 0.5) is 0 Å². The lowest BCUT2D eigenvalue weighted by Crippen LogP contribution is -2.39. The Balaban J connectivity index is 2.29. The van der Waals surface area contributed by atoms with Gasteiger partial charge in [-0.2, -0.15) is 0 Å². The van der Waals surface area contributed by atoms with Crippen LogP contribution < -0.4 is 5.32 Å². The molecule has 4 heteroatoms. The van der Waals surface area contributed by atoms with Crippen molar-refractivity contribution in [1.29, 1.82) is 0 Å². The van der Waals surface area contributed by atoms with Crippen LogP contribution in [0.25, 0.3) is 0 Å². The Hall–Kier alpha value is -0.610. The van der Waals surface area contributed by atoms with Crippen LogP contribution in [0, 0.1) is 11.8 Å². The molecular weight excluding hydrogens is 242 g/mol. The SMILES string of the molecule is CCNC(CCOC1CC(C)CC(C)C1)C(=O)OC. The molecule has 0 saturated heterocycles. The Morgan fingerprint density at radius 1 is 1.26 bits per heavy atom. The van der Waals surface area contributed by atoms with Gasteiger partial charge in [0.25, 0.3) is 0 Å². The van der Waals surface area contributed by atoms with Gasteiger partial charge >= 0.3 is 5.97 Å². The van der Waals surface area contributed by atoms with Crippen LogP contribution >= 0.6 is 0 Å². The van der Waals surface area contributed by atoms with Crippen molar-refractivity contribution in [3.8, 4) is 0 Å². The average Bonchev–Trinajstić information content (AvgIpc) is 2.35. The number of ether oxygens (including phenoxy) is 2. The van der Waals surface area contributed by atoms with E-state index in [-0.39, 0.29) is 12.0 Å². The Morgan fingerprint density at radius 2 is 1.89 bits per heavy atom. The van der Waals surface area contributed by atoms with Crippen molar-refractivity contribution in [2.45, 2.75) is 58.6 Å². The standard InChI is InChI=1S/C15H29NO3/c1-5-16-14(15(17)18-4)6-7-19-13-9-11(2)8-12(3)10-13/h11-14,16H,5-10H2,1-4H3. The van der Waals surface area contributed by atoms with Crippen LogP contribution in [-0.4, -0.2) is 38.4 Å². The molecule has 1 fully saturated rings. The van der Waals surface area contributed by atoms with Crippen molar-refractivity contribution in [2.75, 3.05) is 20.3 Å². The highest BCUT2D eigenvalue weighted by molar-refractivity contribution is 5.75. The molecule has 3 atom stereocenters. The third kappa shape index (κ3) is 5.91. The first kappa shape index (κ1) is 16.4. The second kappa shape index (κ2) is 8.54. The lowest BCUT2D eigenvalue weighted by atomic mass is 9.82. The predicted octanol–water partition coefficient (Wildman–Crippen LogP) is 2.37. The van der Waals surface area contributed by atoms with E-state index in [4.69, 9.17) is 9.47 Å². The van der Waals surface area contributed by atoms with Gasteiger partial charge in [0, 0.05) is 6.61 Å².